The van der Waals surface area contributed by atoms with Gasteiger partial charge in [0.1, 0.15) is 5.75 Å². The van der Waals surface area contributed by atoms with Crippen LogP contribution in [0.15, 0.2) is 30.3 Å². The average Bonchev–Trinajstić information content (AvgIpc) is 3.26. The largest absolute Gasteiger partial charge is 0.439 e. The van der Waals surface area contributed by atoms with E-state index in [0.717, 1.165) is 23.6 Å². The molecule has 1 saturated carbocycles. The number of rotatable bonds is 5. The fourth-order valence-corrected chi connectivity index (χ4v) is 2.31. The van der Waals surface area contributed by atoms with E-state index in [0.29, 0.717) is 16.9 Å². The van der Waals surface area contributed by atoms with Crippen molar-refractivity contribution in [3.05, 3.63) is 52.2 Å². The van der Waals surface area contributed by atoms with Gasteiger partial charge in [-0.25, -0.2) is 4.98 Å². The molecule has 3 rings (SSSR count). The summed E-state index contributed by atoms with van der Waals surface area (Å²) in [6.45, 7) is 4.88. The highest BCUT2D eigenvalue weighted by Crippen LogP contribution is 2.27. The maximum atomic E-state index is 6.01. The molecule has 1 N–H and O–H groups in total. The van der Waals surface area contributed by atoms with Crippen molar-refractivity contribution >= 4 is 11.6 Å². The van der Waals surface area contributed by atoms with Crippen LogP contribution in [-0.4, -0.2) is 11.0 Å². The molecule has 2 aromatic rings. The van der Waals surface area contributed by atoms with Crippen LogP contribution < -0.4 is 10.1 Å². The van der Waals surface area contributed by atoms with E-state index in [1.807, 2.05) is 38.1 Å². The van der Waals surface area contributed by atoms with Crippen LogP contribution in [0, 0.1) is 13.8 Å². The SMILES string of the molecule is Cc1ccc(Cl)cc1Oc1ccc(CNC2CC2)c(C)n1. The van der Waals surface area contributed by atoms with Crippen molar-refractivity contribution in [2.45, 2.75) is 39.3 Å². The van der Waals surface area contributed by atoms with Gasteiger partial charge in [-0.05, 0) is 49.9 Å². The summed E-state index contributed by atoms with van der Waals surface area (Å²) < 4.78 is 5.85. The van der Waals surface area contributed by atoms with Crippen LogP contribution in [0.5, 0.6) is 11.6 Å². The number of nitrogens with one attached hydrogen (secondary N) is 1. The second kappa shape index (κ2) is 6.04. The molecular formula is C17H19ClN2O. The molecule has 0 atom stereocenters. The van der Waals surface area contributed by atoms with Gasteiger partial charge in [0, 0.05) is 29.4 Å². The molecule has 0 unspecified atom stereocenters. The molecule has 1 aromatic heterocycles. The zero-order valence-electron chi connectivity index (χ0n) is 12.3. The minimum absolute atomic E-state index is 0.605. The lowest BCUT2D eigenvalue weighted by Gasteiger charge is -2.11. The standard InChI is InChI=1S/C17H19ClN2O/c1-11-3-5-14(18)9-16(11)21-17-8-4-13(12(2)20-17)10-19-15-6-7-15/h3-5,8-9,15,19H,6-7,10H2,1-2H3. The maximum absolute atomic E-state index is 6.01. The third-order valence-corrected chi connectivity index (χ3v) is 3.93. The first-order valence-corrected chi connectivity index (χ1v) is 7.63. The van der Waals surface area contributed by atoms with Gasteiger partial charge in [-0.3, -0.25) is 0 Å². The molecule has 0 aliphatic heterocycles. The average molecular weight is 303 g/mol. The molecule has 1 aliphatic carbocycles. The number of aryl methyl sites for hydroxylation is 2. The number of ether oxygens (including phenoxy) is 1. The lowest BCUT2D eigenvalue weighted by atomic mass is 10.2. The Morgan fingerprint density at radius 1 is 1.24 bits per heavy atom. The Kier molecular flexibility index (Phi) is 4.13. The summed E-state index contributed by atoms with van der Waals surface area (Å²) in [7, 11) is 0. The highest BCUT2D eigenvalue weighted by atomic mass is 35.5. The van der Waals surface area contributed by atoms with E-state index in [2.05, 4.69) is 16.4 Å². The Labute approximate surface area is 130 Å². The van der Waals surface area contributed by atoms with E-state index in [1.165, 1.54) is 18.4 Å². The molecule has 0 bridgehead atoms. The number of benzene rings is 1. The highest BCUT2D eigenvalue weighted by Gasteiger charge is 2.20. The maximum Gasteiger partial charge on any atom is 0.219 e. The fraction of sp³-hybridized carbons (Fsp3) is 0.353. The molecule has 0 saturated heterocycles. The van der Waals surface area contributed by atoms with Crippen LogP contribution in [0.4, 0.5) is 0 Å². The Hall–Kier alpha value is -1.58. The fourth-order valence-electron chi connectivity index (χ4n) is 2.15. The van der Waals surface area contributed by atoms with Crippen LogP contribution >= 0.6 is 11.6 Å². The molecule has 0 amide bonds. The molecule has 110 valence electrons. The summed E-state index contributed by atoms with van der Waals surface area (Å²) >= 11 is 6.01. The molecule has 0 spiro atoms. The molecular weight excluding hydrogens is 284 g/mol. The lowest BCUT2D eigenvalue weighted by molar-refractivity contribution is 0.457. The molecule has 4 heteroatoms. The van der Waals surface area contributed by atoms with Crippen molar-refractivity contribution in [3.63, 3.8) is 0 Å². The van der Waals surface area contributed by atoms with Crippen molar-refractivity contribution in [1.82, 2.24) is 10.3 Å². The second-order valence-electron chi connectivity index (χ2n) is 5.56. The monoisotopic (exact) mass is 302 g/mol. The van der Waals surface area contributed by atoms with Crippen LogP contribution in [-0.2, 0) is 6.54 Å². The predicted molar refractivity (Wildman–Crippen MR) is 85.1 cm³/mol. The summed E-state index contributed by atoms with van der Waals surface area (Å²) in [5, 5.41) is 4.17. The number of aromatic nitrogens is 1. The van der Waals surface area contributed by atoms with Gasteiger partial charge in [-0.2, -0.15) is 0 Å². The first kappa shape index (κ1) is 14.4. The Morgan fingerprint density at radius 3 is 2.76 bits per heavy atom. The Bertz CT molecular complexity index is 653. The van der Waals surface area contributed by atoms with Crippen LogP contribution in [0.25, 0.3) is 0 Å². The Balaban J connectivity index is 1.73. The summed E-state index contributed by atoms with van der Waals surface area (Å²) in [6.07, 6.45) is 2.59. The third kappa shape index (κ3) is 3.74. The van der Waals surface area contributed by atoms with Crippen molar-refractivity contribution in [2.75, 3.05) is 0 Å². The quantitative estimate of drug-likeness (QED) is 0.889. The summed E-state index contributed by atoms with van der Waals surface area (Å²) in [5.74, 6) is 1.35. The lowest BCUT2D eigenvalue weighted by Crippen LogP contribution is -2.16. The molecule has 3 nitrogen and oxygen atoms in total. The third-order valence-electron chi connectivity index (χ3n) is 3.69. The highest BCUT2D eigenvalue weighted by molar-refractivity contribution is 6.30. The van der Waals surface area contributed by atoms with Gasteiger partial charge in [-0.1, -0.05) is 23.7 Å². The first-order chi connectivity index (χ1) is 10.1. The van der Waals surface area contributed by atoms with Crippen molar-refractivity contribution in [1.29, 1.82) is 0 Å². The molecule has 21 heavy (non-hydrogen) atoms. The summed E-state index contributed by atoms with van der Waals surface area (Å²) in [4.78, 5) is 4.53. The number of nitrogens with zero attached hydrogens (tertiary/aromatic N) is 1. The molecule has 0 radical (unpaired) electrons. The second-order valence-corrected chi connectivity index (χ2v) is 6.00. The van der Waals surface area contributed by atoms with Gasteiger partial charge in [0.15, 0.2) is 0 Å². The van der Waals surface area contributed by atoms with Crippen LogP contribution in [0.1, 0.15) is 29.7 Å². The van der Waals surface area contributed by atoms with E-state index in [1.54, 1.807) is 0 Å². The molecule has 1 fully saturated rings. The summed E-state index contributed by atoms with van der Waals surface area (Å²) in [6, 6.07) is 10.3. The van der Waals surface area contributed by atoms with Gasteiger partial charge in [-0.15, -0.1) is 0 Å². The number of hydrogen-bond donors (Lipinski definition) is 1. The van der Waals surface area contributed by atoms with E-state index < -0.39 is 0 Å². The molecule has 1 aliphatic rings. The smallest absolute Gasteiger partial charge is 0.219 e. The Morgan fingerprint density at radius 2 is 2.05 bits per heavy atom. The van der Waals surface area contributed by atoms with E-state index in [4.69, 9.17) is 16.3 Å². The minimum atomic E-state index is 0.605. The van der Waals surface area contributed by atoms with Crippen molar-refractivity contribution < 1.29 is 4.74 Å². The van der Waals surface area contributed by atoms with Gasteiger partial charge >= 0.3 is 0 Å². The van der Waals surface area contributed by atoms with E-state index >= 15 is 0 Å². The van der Waals surface area contributed by atoms with Crippen LogP contribution in [0.2, 0.25) is 5.02 Å². The van der Waals surface area contributed by atoms with E-state index in [-0.39, 0.29) is 0 Å². The van der Waals surface area contributed by atoms with Gasteiger partial charge in [0.25, 0.3) is 0 Å². The van der Waals surface area contributed by atoms with Gasteiger partial charge < -0.3 is 10.1 Å². The van der Waals surface area contributed by atoms with Gasteiger partial charge in [0.2, 0.25) is 5.88 Å². The number of hydrogen-bond acceptors (Lipinski definition) is 3. The number of pyridine rings is 1. The topological polar surface area (TPSA) is 34.1 Å². The van der Waals surface area contributed by atoms with Crippen molar-refractivity contribution in [3.8, 4) is 11.6 Å². The predicted octanol–water partition coefficient (Wildman–Crippen LogP) is 4.40. The van der Waals surface area contributed by atoms with Crippen molar-refractivity contribution in [2.24, 2.45) is 0 Å². The molecule has 1 aromatic carbocycles. The normalized spacial score (nSPS) is 14.2. The van der Waals surface area contributed by atoms with Crippen LogP contribution in [0.3, 0.4) is 0 Å². The summed E-state index contributed by atoms with van der Waals surface area (Å²) in [5.41, 5.74) is 3.26. The number of halogens is 1. The zero-order chi connectivity index (χ0) is 14.8. The molecule has 1 heterocycles. The zero-order valence-corrected chi connectivity index (χ0v) is 13.1. The van der Waals surface area contributed by atoms with E-state index in [9.17, 15) is 0 Å². The minimum Gasteiger partial charge on any atom is -0.439 e. The van der Waals surface area contributed by atoms with Gasteiger partial charge in [0.05, 0.1) is 0 Å². The first-order valence-electron chi connectivity index (χ1n) is 7.26.